The van der Waals surface area contributed by atoms with Gasteiger partial charge in [0.15, 0.2) is 0 Å². The van der Waals surface area contributed by atoms with Crippen LogP contribution in [0.4, 0.5) is 0 Å². The Bertz CT molecular complexity index is 500. The Hall–Kier alpha value is -1.08. The minimum atomic E-state index is 1.02. The third kappa shape index (κ3) is 2.78. The summed E-state index contributed by atoms with van der Waals surface area (Å²) in [4.78, 5) is 0. The van der Waals surface area contributed by atoms with E-state index in [1.807, 2.05) is 0 Å². The first kappa shape index (κ1) is 12.4. The highest BCUT2D eigenvalue weighted by atomic mass is 79.9. The fraction of sp³-hybridized carbons (Fsp3) is 0.250. The molecule has 0 nitrogen and oxygen atoms in total. The molecule has 0 amide bonds. The van der Waals surface area contributed by atoms with Gasteiger partial charge in [0, 0.05) is 5.33 Å². The number of alkyl halides is 1. The van der Waals surface area contributed by atoms with E-state index in [1.165, 1.54) is 27.8 Å². The molecule has 0 saturated heterocycles. The van der Waals surface area contributed by atoms with Crippen molar-refractivity contribution < 1.29 is 0 Å². The highest BCUT2D eigenvalue weighted by Gasteiger charge is 2.07. The Balaban J connectivity index is 2.54. The van der Waals surface area contributed by atoms with Crippen LogP contribution in [0, 0.1) is 13.8 Å². The van der Waals surface area contributed by atoms with Gasteiger partial charge in [-0.05, 0) is 42.5 Å². The first-order valence-corrected chi connectivity index (χ1v) is 7.06. The fourth-order valence-electron chi connectivity index (χ4n) is 2.21. The normalized spacial score (nSPS) is 10.5. The van der Waals surface area contributed by atoms with E-state index in [9.17, 15) is 0 Å². The Kier molecular flexibility index (Phi) is 4.01. The number of rotatable bonds is 3. The van der Waals surface area contributed by atoms with Gasteiger partial charge in [0.1, 0.15) is 0 Å². The Labute approximate surface area is 112 Å². The zero-order valence-corrected chi connectivity index (χ0v) is 11.9. The van der Waals surface area contributed by atoms with Crippen LogP contribution >= 0.6 is 15.9 Å². The molecular formula is C16H17Br. The highest BCUT2D eigenvalue weighted by Crippen LogP contribution is 2.27. The SMILES string of the molecule is Cc1cc(CCBr)c(C)c(-c2ccccc2)c1. The second kappa shape index (κ2) is 5.50. The number of hydrogen-bond donors (Lipinski definition) is 0. The van der Waals surface area contributed by atoms with Crippen molar-refractivity contribution in [1.82, 2.24) is 0 Å². The Morgan fingerprint density at radius 3 is 2.35 bits per heavy atom. The van der Waals surface area contributed by atoms with E-state index in [2.05, 4.69) is 72.2 Å². The van der Waals surface area contributed by atoms with E-state index in [-0.39, 0.29) is 0 Å². The van der Waals surface area contributed by atoms with Gasteiger partial charge >= 0.3 is 0 Å². The molecular weight excluding hydrogens is 272 g/mol. The van der Waals surface area contributed by atoms with E-state index < -0.39 is 0 Å². The lowest BCUT2D eigenvalue weighted by molar-refractivity contribution is 1.12. The van der Waals surface area contributed by atoms with Gasteiger partial charge < -0.3 is 0 Å². The molecule has 0 fully saturated rings. The van der Waals surface area contributed by atoms with Crippen LogP contribution in [0.15, 0.2) is 42.5 Å². The molecule has 0 N–H and O–H groups in total. The lowest BCUT2D eigenvalue weighted by atomic mass is 9.93. The van der Waals surface area contributed by atoms with Crippen molar-refractivity contribution >= 4 is 15.9 Å². The topological polar surface area (TPSA) is 0 Å². The first-order chi connectivity index (χ1) is 8.22. The minimum absolute atomic E-state index is 1.02. The van der Waals surface area contributed by atoms with Crippen LogP contribution in [-0.2, 0) is 6.42 Å². The maximum Gasteiger partial charge on any atom is 0.00719 e. The highest BCUT2D eigenvalue weighted by molar-refractivity contribution is 9.09. The van der Waals surface area contributed by atoms with Crippen molar-refractivity contribution in [3.8, 4) is 11.1 Å². The molecule has 2 rings (SSSR count). The third-order valence-corrected chi connectivity index (χ3v) is 3.50. The number of halogens is 1. The van der Waals surface area contributed by atoms with Crippen molar-refractivity contribution in [2.24, 2.45) is 0 Å². The predicted octanol–water partition coefficient (Wildman–Crippen LogP) is 4.91. The minimum Gasteiger partial charge on any atom is -0.0924 e. The Morgan fingerprint density at radius 2 is 1.71 bits per heavy atom. The summed E-state index contributed by atoms with van der Waals surface area (Å²) in [5, 5.41) is 1.02. The summed E-state index contributed by atoms with van der Waals surface area (Å²) in [6.45, 7) is 4.39. The van der Waals surface area contributed by atoms with Gasteiger partial charge in [0.05, 0.1) is 0 Å². The summed E-state index contributed by atoms with van der Waals surface area (Å²) in [5.41, 5.74) is 6.86. The van der Waals surface area contributed by atoms with Crippen LogP contribution in [0.3, 0.4) is 0 Å². The summed E-state index contributed by atoms with van der Waals surface area (Å²) < 4.78 is 0. The standard InChI is InChI=1S/C16H17Br/c1-12-10-15(8-9-17)13(2)16(11-12)14-6-4-3-5-7-14/h3-7,10-11H,8-9H2,1-2H3. The van der Waals surface area contributed by atoms with Crippen molar-refractivity contribution in [2.75, 3.05) is 5.33 Å². The summed E-state index contributed by atoms with van der Waals surface area (Å²) in [6, 6.07) is 15.2. The van der Waals surface area contributed by atoms with Crippen molar-refractivity contribution in [2.45, 2.75) is 20.3 Å². The molecule has 2 aromatic rings. The maximum absolute atomic E-state index is 3.53. The smallest absolute Gasteiger partial charge is 0.00719 e. The summed E-state index contributed by atoms with van der Waals surface area (Å²) in [5.74, 6) is 0. The number of hydrogen-bond acceptors (Lipinski definition) is 0. The van der Waals surface area contributed by atoms with E-state index in [4.69, 9.17) is 0 Å². The molecule has 0 heterocycles. The molecule has 88 valence electrons. The van der Waals surface area contributed by atoms with Crippen LogP contribution in [0.2, 0.25) is 0 Å². The number of aryl methyl sites for hydroxylation is 2. The van der Waals surface area contributed by atoms with Crippen molar-refractivity contribution in [1.29, 1.82) is 0 Å². The molecule has 1 heteroatoms. The van der Waals surface area contributed by atoms with E-state index in [0.717, 1.165) is 11.8 Å². The molecule has 0 aliphatic heterocycles. The largest absolute Gasteiger partial charge is 0.0924 e. The molecule has 0 aliphatic carbocycles. The second-order valence-corrected chi connectivity index (χ2v) is 5.19. The molecule has 0 saturated carbocycles. The van der Waals surface area contributed by atoms with Crippen LogP contribution in [-0.4, -0.2) is 5.33 Å². The van der Waals surface area contributed by atoms with Crippen LogP contribution in [0.5, 0.6) is 0 Å². The fourth-order valence-corrected chi connectivity index (χ4v) is 2.64. The summed E-state index contributed by atoms with van der Waals surface area (Å²) >= 11 is 3.53. The lowest BCUT2D eigenvalue weighted by Crippen LogP contribution is -1.95. The van der Waals surface area contributed by atoms with Gasteiger partial charge in [0.2, 0.25) is 0 Å². The quantitative estimate of drug-likeness (QED) is 0.704. The van der Waals surface area contributed by atoms with E-state index in [0.29, 0.717) is 0 Å². The van der Waals surface area contributed by atoms with Crippen LogP contribution < -0.4 is 0 Å². The van der Waals surface area contributed by atoms with Gasteiger partial charge in [-0.2, -0.15) is 0 Å². The predicted molar refractivity (Wildman–Crippen MR) is 78.9 cm³/mol. The van der Waals surface area contributed by atoms with Crippen LogP contribution in [0.1, 0.15) is 16.7 Å². The molecule has 0 atom stereocenters. The maximum atomic E-state index is 3.53. The molecule has 2 aromatic carbocycles. The number of benzene rings is 2. The third-order valence-electron chi connectivity index (χ3n) is 3.11. The summed E-state index contributed by atoms with van der Waals surface area (Å²) in [6.07, 6.45) is 1.09. The van der Waals surface area contributed by atoms with Gasteiger partial charge in [-0.15, -0.1) is 0 Å². The van der Waals surface area contributed by atoms with Gasteiger partial charge in [-0.25, -0.2) is 0 Å². The van der Waals surface area contributed by atoms with E-state index >= 15 is 0 Å². The van der Waals surface area contributed by atoms with Gasteiger partial charge in [-0.3, -0.25) is 0 Å². The summed E-state index contributed by atoms with van der Waals surface area (Å²) in [7, 11) is 0. The molecule has 0 aromatic heterocycles. The lowest BCUT2D eigenvalue weighted by Gasteiger charge is -2.12. The zero-order chi connectivity index (χ0) is 12.3. The van der Waals surface area contributed by atoms with Crippen molar-refractivity contribution in [3.05, 3.63) is 59.2 Å². The van der Waals surface area contributed by atoms with Crippen molar-refractivity contribution in [3.63, 3.8) is 0 Å². The molecule has 0 spiro atoms. The first-order valence-electron chi connectivity index (χ1n) is 5.94. The zero-order valence-electron chi connectivity index (χ0n) is 10.3. The molecule has 0 unspecified atom stereocenters. The average molecular weight is 289 g/mol. The molecule has 17 heavy (non-hydrogen) atoms. The molecule has 0 aliphatic rings. The Morgan fingerprint density at radius 1 is 1.00 bits per heavy atom. The molecule has 0 bridgehead atoms. The second-order valence-electron chi connectivity index (χ2n) is 4.40. The monoisotopic (exact) mass is 288 g/mol. The van der Waals surface area contributed by atoms with Gasteiger partial charge in [0.25, 0.3) is 0 Å². The van der Waals surface area contributed by atoms with Gasteiger partial charge in [-0.1, -0.05) is 64.0 Å². The van der Waals surface area contributed by atoms with Crippen LogP contribution in [0.25, 0.3) is 11.1 Å². The van der Waals surface area contributed by atoms with E-state index in [1.54, 1.807) is 0 Å². The average Bonchev–Trinajstić information content (AvgIpc) is 2.35. The molecule has 0 radical (unpaired) electrons.